The second kappa shape index (κ2) is 7.46. The van der Waals surface area contributed by atoms with Gasteiger partial charge in [0.2, 0.25) is 0 Å². The van der Waals surface area contributed by atoms with E-state index in [9.17, 15) is 31.2 Å². The second-order valence-corrected chi connectivity index (χ2v) is 9.63. The van der Waals surface area contributed by atoms with Crippen molar-refractivity contribution in [2.45, 2.75) is 24.9 Å². The molecule has 0 unspecified atom stereocenters. The Kier molecular flexibility index (Phi) is 5.58. The van der Waals surface area contributed by atoms with Crippen LogP contribution >= 0.6 is 0 Å². The zero-order valence-electron chi connectivity index (χ0n) is 16.9. The van der Waals surface area contributed by atoms with Crippen molar-refractivity contribution in [3.63, 3.8) is 0 Å². The lowest BCUT2D eigenvalue weighted by atomic mass is 9.94. The summed E-state index contributed by atoms with van der Waals surface area (Å²) in [6, 6.07) is 0.796. The SMILES string of the molecule is CN(C)S(=O)(=O)N1CCC[C@H](c2cc(C(F)(F)F)c3c(=O)n(C)c(=O)n(C)c3n2)C1. The second-order valence-electron chi connectivity index (χ2n) is 7.48. The van der Waals surface area contributed by atoms with Gasteiger partial charge in [-0.25, -0.2) is 9.78 Å². The molecule has 0 spiro atoms. The third kappa shape index (κ3) is 3.65. The number of piperidine rings is 1. The van der Waals surface area contributed by atoms with Gasteiger partial charge in [-0.1, -0.05) is 0 Å². The minimum absolute atomic E-state index is 0.00302. The van der Waals surface area contributed by atoms with Crippen molar-refractivity contribution in [1.82, 2.24) is 22.7 Å². The smallest absolute Gasteiger partial charge is 0.280 e. The average molecular weight is 449 g/mol. The van der Waals surface area contributed by atoms with E-state index < -0.39 is 44.5 Å². The summed E-state index contributed by atoms with van der Waals surface area (Å²) < 4.78 is 70.0. The number of aryl methyl sites for hydroxylation is 1. The van der Waals surface area contributed by atoms with E-state index in [-0.39, 0.29) is 24.4 Å². The standard InChI is InChI=1S/C17H22F3N5O4S/c1-22(2)30(28,29)25-7-5-6-10(9-25)12-8-11(17(18,19)20)13-14(21-12)23(3)16(27)24(4)15(13)26/h8,10H,5-7,9H2,1-4H3/t10-/m0/s1. The van der Waals surface area contributed by atoms with Gasteiger partial charge in [0.25, 0.3) is 15.8 Å². The van der Waals surface area contributed by atoms with E-state index in [1.54, 1.807) is 0 Å². The first-order valence-corrected chi connectivity index (χ1v) is 10.5. The topological polar surface area (TPSA) is 97.5 Å². The molecule has 1 saturated heterocycles. The molecule has 0 aromatic carbocycles. The van der Waals surface area contributed by atoms with Gasteiger partial charge in [-0.05, 0) is 18.9 Å². The Morgan fingerprint density at radius 3 is 2.37 bits per heavy atom. The Morgan fingerprint density at radius 2 is 1.80 bits per heavy atom. The maximum atomic E-state index is 13.8. The van der Waals surface area contributed by atoms with Crippen LogP contribution in [0.2, 0.25) is 0 Å². The predicted molar refractivity (Wildman–Crippen MR) is 103 cm³/mol. The third-order valence-electron chi connectivity index (χ3n) is 5.33. The van der Waals surface area contributed by atoms with Crippen LogP contribution in [0.3, 0.4) is 0 Å². The largest absolute Gasteiger partial charge is 0.417 e. The fourth-order valence-electron chi connectivity index (χ4n) is 3.63. The molecule has 1 fully saturated rings. The molecule has 2 aromatic rings. The molecule has 0 radical (unpaired) electrons. The number of rotatable bonds is 3. The molecule has 1 atom stereocenters. The van der Waals surface area contributed by atoms with Crippen molar-refractivity contribution in [2.24, 2.45) is 14.1 Å². The molecule has 9 nitrogen and oxygen atoms in total. The molecule has 0 saturated carbocycles. The lowest BCUT2D eigenvalue weighted by molar-refractivity contribution is -0.136. The number of nitrogens with zero attached hydrogens (tertiary/aromatic N) is 5. The van der Waals surface area contributed by atoms with Crippen LogP contribution in [0.15, 0.2) is 15.7 Å². The van der Waals surface area contributed by atoms with Gasteiger partial charge in [-0.15, -0.1) is 0 Å². The van der Waals surface area contributed by atoms with E-state index in [1.165, 1.54) is 25.4 Å². The van der Waals surface area contributed by atoms with E-state index >= 15 is 0 Å². The quantitative estimate of drug-likeness (QED) is 0.685. The van der Waals surface area contributed by atoms with E-state index in [4.69, 9.17) is 0 Å². The van der Waals surface area contributed by atoms with Crippen LogP contribution in [-0.4, -0.2) is 58.3 Å². The van der Waals surface area contributed by atoms with Crippen LogP contribution < -0.4 is 11.2 Å². The van der Waals surface area contributed by atoms with Gasteiger partial charge in [0.15, 0.2) is 0 Å². The highest BCUT2D eigenvalue weighted by Gasteiger charge is 2.38. The summed E-state index contributed by atoms with van der Waals surface area (Å²) in [4.78, 5) is 28.9. The number of hydrogen-bond acceptors (Lipinski definition) is 5. The van der Waals surface area contributed by atoms with Gasteiger partial charge in [-0.3, -0.25) is 13.9 Å². The number of pyridine rings is 1. The van der Waals surface area contributed by atoms with Crippen LogP contribution in [0.25, 0.3) is 11.0 Å². The first-order valence-electron chi connectivity index (χ1n) is 9.12. The summed E-state index contributed by atoms with van der Waals surface area (Å²) in [6.45, 7) is 0.199. The molecule has 166 valence electrons. The van der Waals surface area contributed by atoms with Crippen LogP contribution in [0, 0.1) is 0 Å². The highest BCUT2D eigenvalue weighted by Crippen LogP contribution is 2.36. The maximum absolute atomic E-state index is 13.8. The summed E-state index contributed by atoms with van der Waals surface area (Å²) in [5.74, 6) is -0.613. The molecule has 2 aromatic heterocycles. The maximum Gasteiger partial charge on any atom is 0.417 e. The Hall–Kier alpha value is -2.25. The summed E-state index contributed by atoms with van der Waals surface area (Å²) in [6.07, 6.45) is -3.99. The van der Waals surface area contributed by atoms with Crippen molar-refractivity contribution >= 4 is 21.2 Å². The van der Waals surface area contributed by atoms with Gasteiger partial charge < -0.3 is 0 Å². The van der Waals surface area contributed by atoms with Gasteiger partial charge in [0.1, 0.15) is 5.65 Å². The Balaban J connectivity index is 2.23. The molecule has 30 heavy (non-hydrogen) atoms. The zero-order chi connectivity index (χ0) is 22.6. The average Bonchev–Trinajstić information content (AvgIpc) is 2.69. The fraction of sp³-hybridized carbons (Fsp3) is 0.588. The minimum atomic E-state index is -4.86. The number of hydrogen-bond donors (Lipinski definition) is 0. The van der Waals surface area contributed by atoms with Gasteiger partial charge >= 0.3 is 11.9 Å². The lowest BCUT2D eigenvalue weighted by Gasteiger charge is -2.33. The summed E-state index contributed by atoms with van der Waals surface area (Å²) in [5, 5.41) is -0.690. The highest BCUT2D eigenvalue weighted by atomic mass is 32.2. The summed E-state index contributed by atoms with van der Waals surface area (Å²) in [7, 11) is 1.35. The molecule has 0 aliphatic carbocycles. The van der Waals surface area contributed by atoms with Crippen molar-refractivity contribution < 1.29 is 21.6 Å². The fourth-order valence-corrected chi connectivity index (χ4v) is 4.82. The molecule has 1 aliphatic rings. The molecule has 13 heteroatoms. The minimum Gasteiger partial charge on any atom is -0.280 e. The van der Waals surface area contributed by atoms with E-state index in [1.807, 2.05) is 0 Å². The van der Waals surface area contributed by atoms with Crippen LogP contribution in [0.4, 0.5) is 13.2 Å². The van der Waals surface area contributed by atoms with E-state index in [0.29, 0.717) is 17.4 Å². The first-order chi connectivity index (χ1) is 13.8. The molecular formula is C17H22F3N5O4S. The van der Waals surface area contributed by atoms with Crippen LogP contribution in [0.1, 0.15) is 30.0 Å². The zero-order valence-corrected chi connectivity index (χ0v) is 17.7. The lowest BCUT2D eigenvalue weighted by Crippen LogP contribution is -2.45. The summed E-state index contributed by atoms with van der Waals surface area (Å²) >= 11 is 0. The van der Waals surface area contributed by atoms with Crippen LogP contribution in [-0.2, 0) is 30.5 Å². The van der Waals surface area contributed by atoms with Crippen molar-refractivity contribution in [3.05, 3.63) is 38.2 Å². The molecule has 0 N–H and O–H groups in total. The van der Waals surface area contributed by atoms with E-state index in [0.717, 1.165) is 22.0 Å². The number of alkyl halides is 3. The van der Waals surface area contributed by atoms with Crippen molar-refractivity contribution in [1.29, 1.82) is 0 Å². The molecule has 3 rings (SSSR count). The molecule has 3 heterocycles. The van der Waals surface area contributed by atoms with Crippen molar-refractivity contribution in [2.75, 3.05) is 27.2 Å². The Labute approximate surface area is 170 Å². The van der Waals surface area contributed by atoms with Gasteiger partial charge in [0, 0.05) is 52.9 Å². The Morgan fingerprint density at radius 1 is 1.17 bits per heavy atom. The molecular weight excluding hydrogens is 427 g/mol. The van der Waals surface area contributed by atoms with Gasteiger partial charge in [0.05, 0.1) is 10.9 Å². The monoisotopic (exact) mass is 449 g/mol. The normalized spacial score (nSPS) is 19.0. The summed E-state index contributed by atoms with van der Waals surface area (Å²) in [5.41, 5.74) is -3.45. The number of halogens is 3. The van der Waals surface area contributed by atoms with Crippen LogP contribution in [0.5, 0.6) is 0 Å². The number of aromatic nitrogens is 3. The molecule has 1 aliphatic heterocycles. The van der Waals surface area contributed by atoms with Gasteiger partial charge in [-0.2, -0.15) is 30.2 Å². The first kappa shape index (κ1) is 22.4. The predicted octanol–water partition coefficient (Wildman–Crippen LogP) is 0.637. The highest BCUT2D eigenvalue weighted by molar-refractivity contribution is 7.86. The van der Waals surface area contributed by atoms with E-state index in [2.05, 4.69) is 4.98 Å². The third-order valence-corrected chi connectivity index (χ3v) is 7.23. The van der Waals surface area contributed by atoms with Crippen molar-refractivity contribution in [3.8, 4) is 0 Å². The molecule has 0 bridgehead atoms. The molecule has 0 amide bonds. The number of fused-ring (bicyclic) bond motifs is 1. The Bertz CT molecular complexity index is 1220.